The molecule has 0 bridgehead atoms. The van der Waals surface area contributed by atoms with Crippen LogP contribution in [0.25, 0.3) is 0 Å². The molecule has 1 heterocycles. The maximum Gasteiger partial charge on any atom is 0.272 e. The number of nitrogens with zero attached hydrogens (tertiary/aromatic N) is 1. The van der Waals surface area contributed by atoms with E-state index in [2.05, 4.69) is 5.32 Å². The zero-order valence-electron chi connectivity index (χ0n) is 10.9. The Bertz CT molecular complexity index is 626. The molecule has 1 amide bonds. The van der Waals surface area contributed by atoms with Gasteiger partial charge in [-0.1, -0.05) is 18.2 Å². The van der Waals surface area contributed by atoms with E-state index >= 15 is 0 Å². The van der Waals surface area contributed by atoms with Crippen LogP contribution < -0.4 is 11.1 Å². The van der Waals surface area contributed by atoms with Crippen molar-refractivity contribution in [1.29, 1.82) is 0 Å². The Hall–Kier alpha value is -2.23. The van der Waals surface area contributed by atoms with E-state index in [-0.39, 0.29) is 5.91 Å². The van der Waals surface area contributed by atoms with E-state index in [0.717, 1.165) is 24.1 Å². The van der Waals surface area contributed by atoms with Crippen molar-refractivity contribution >= 4 is 17.3 Å². The van der Waals surface area contributed by atoms with E-state index in [1.165, 1.54) is 0 Å². The molecule has 0 unspecified atom stereocenters. The third kappa shape index (κ3) is 2.34. The van der Waals surface area contributed by atoms with Crippen molar-refractivity contribution in [1.82, 2.24) is 4.57 Å². The van der Waals surface area contributed by atoms with E-state index in [4.69, 9.17) is 5.73 Å². The predicted molar refractivity (Wildman–Crippen MR) is 76.2 cm³/mol. The number of benzene rings is 1. The fourth-order valence-electron chi connectivity index (χ4n) is 2.24. The van der Waals surface area contributed by atoms with Crippen molar-refractivity contribution < 1.29 is 4.79 Å². The number of aromatic nitrogens is 1. The van der Waals surface area contributed by atoms with Crippen molar-refractivity contribution in [3.05, 3.63) is 47.8 Å². The summed E-state index contributed by atoms with van der Waals surface area (Å²) in [5, 5.41) is 2.95. The van der Waals surface area contributed by atoms with Gasteiger partial charge in [0.15, 0.2) is 0 Å². The van der Waals surface area contributed by atoms with Gasteiger partial charge in [-0.2, -0.15) is 0 Å². The van der Waals surface area contributed by atoms with Crippen molar-refractivity contribution in [3.8, 4) is 0 Å². The highest BCUT2D eigenvalue weighted by Gasteiger charge is 2.27. The number of hydrogen-bond donors (Lipinski definition) is 2. The summed E-state index contributed by atoms with van der Waals surface area (Å²) in [4.78, 5) is 12.3. The van der Waals surface area contributed by atoms with Crippen LogP contribution in [0.3, 0.4) is 0 Å². The van der Waals surface area contributed by atoms with E-state index < -0.39 is 0 Å². The first kappa shape index (κ1) is 11.8. The second-order valence-electron chi connectivity index (χ2n) is 5.07. The molecule has 1 aromatic heterocycles. The first-order valence-corrected chi connectivity index (χ1v) is 6.49. The minimum Gasteiger partial charge on any atom is -0.397 e. The van der Waals surface area contributed by atoms with Gasteiger partial charge in [-0.25, -0.2) is 0 Å². The number of hydrogen-bond acceptors (Lipinski definition) is 2. The molecule has 1 fully saturated rings. The molecule has 2 aromatic rings. The Labute approximate surface area is 112 Å². The van der Waals surface area contributed by atoms with Crippen molar-refractivity contribution in [2.75, 3.05) is 11.1 Å². The molecule has 1 saturated carbocycles. The summed E-state index contributed by atoms with van der Waals surface area (Å²) in [6.07, 6.45) is 4.10. The highest BCUT2D eigenvalue weighted by Crippen LogP contribution is 2.37. The molecule has 1 aliphatic carbocycles. The molecule has 3 N–H and O–H groups in total. The third-order valence-corrected chi connectivity index (χ3v) is 3.44. The van der Waals surface area contributed by atoms with Crippen LogP contribution in [0.15, 0.2) is 36.5 Å². The van der Waals surface area contributed by atoms with Gasteiger partial charge in [0.2, 0.25) is 0 Å². The number of nitrogen functional groups attached to an aromatic ring is 1. The number of anilines is 2. The highest BCUT2D eigenvalue weighted by atomic mass is 16.2. The van der Waals surface area contributed by atoms with Crippen LogP contribution in [-0.4, -0.2) is 10.5 Å². The lowest BCUT2D eigenvalue weighted by Gasteiger charge is -2.10. The normalized spacial score (nSPS) is 14.4. The number of nitrogens with one attached hydrogen (secondary N) is 1. The summed E-state index contributed by atoms with van der Waals surface area (Å²) < 4.78 is 1.99. The zero-order valence-corrected chi connectivity index (χ0v) is 10.9. The summed E-state index contributed by atoms with van der Waals surface area (Å²) in [6.45, 7) is 1.98. The van der Waals surface area contributed by atoms with Gasteiger partial charge in [0, 0.05) is 17.9 Å². The molecule has 3 rings (SSSR count). The van der Waals surface area contributed by atoms with Gasteiger partial charge in [0.05, 0.1) is 5.69 Å². The monoisotopic (exact) mass is 255 g/mol. The van der Waals surface area contributed by atoms with Crippen LogP contribution >= 0.6 is 0 Å². The molecule has 0 radical (unpaired) electrons. The molecular formula is C15H17N3O. The molecule has 0 spiro atoms. The Morgan fingerprint density at radius 2 is 2.11 bits per heavy atom. The van der Waals surface area contributed by atoms with Crippen LogP contribution in [0.4, 0.5) is 11.4 Å². The number of nitrogens with two attached hydrogens (primary N) is 1. The van der Waals surface area contributed by atoms with E-state index in [1.807, 2.05) is 42.0 Å². The van der Waals surface area contributed by atoms with Crippen molar-refractivity contribution in [3.63, 3.8) is 0 Å². The van der Waals surface area contributed by atoms with Gasteiger partial charge in [-0.3, -0.25) is 4.79 Å². The maximum absolute atomic E-state index is 12.3. The summed E-state index contributed by atoms with van der Waals surface area (Å²) in [5.41, 5.74) is 8.98. The van der Waals surface area contributed by atoms with Crippen LogP contribution in [0.2, 0.25) is 0 Å². The molecule has 0 atom stereocenters. The first-order valence-electron chi connectivity index (χ1n) is 6.49. The number of carbonyl (C=O) groups is 1. The van der Waals surface area contributed by atoms with Crippen molar-refractivity contribution in [2.45, 2.75) is 25.8 Å². The lowest BCUT2D eigenvalue weighted by atomic mass is 10.2. The fraction of sp³-hybridized carbons (Fsp3) is 0.267. The van der Waals surface area contributed by atoms with Gasteiger partial charge in [0.25, 0.3) is 5.91 Å². The second kappa shape index (κ2) is 4.46. The number of aryl methyl sites for hydroxylation is 1. The number of rotatable bonds is 3. The SMILES string of the molecule is Cc1ccccc1NC(=O)c1cc(N)cn1C1CC1. The van der Waals surface area contributed by atoms with Crippen LogP contribution in [0.1, 0.15) is 34.9 Å². The van der Waals surface area contributed by atoms with E-state index in [0.29, 0.717) is 17.4 Å². The van der Waals surface area contributed by atoms with Crippen molar-refractivity contribution in [2.24, 2.45) is 0 Å². The number of amides is 1. The topological polar surface area (TPSA) is 60.1 Å². The average molecular weight is 255 g/mol. The van der Waals surface area contributed by atoms with E-state index in [1.54, 1.807) is 6.07 Å². The minimum absolute atomic E-state index is 0.0992. The second-order valence-corrected chi connectivity index (χ2v) is 5.07. The Morgan fingerprint density at radius 1 is 1.37 bits per heavy atom. The van der Waals surface area contributed by atoms with Crippen LogP contribution in [-0.2, 0) is 0 Å². The van der Waals surface area contributed by atoms with Gasteiger partial charge in [0.1, 0.15) is 5.69 Å². The summed E-state index contributed by atoms with van der Waals surface area (Å²) in [5.74, 6) is -0.0992. The number of para-hydroxylation sites is 1. The van der Waals surface area contributed by atoms with E-state index in [9.17, 15) is 4.79 Å². The molecular weight excluding hydrogens is 238 g/mol. The Kier molecular flexibility index (Phi) is 2.78. The van der Waals surface area contributed by atoms with Gasteiger partial charge < -0.3 is 15.6 Å². The van der Waals surface area contributed by atoms with Crippen LogP contribution in [0, 0.1) is 6.92 Å². The van der Waals surface area contributed by atoms with Gasteiger partial charge in [-0.15, -0.1) is 0 Å². The quantitative estimate of drug-likeness (QED) is 0.885. The minimum atomic E-state index is -0.0992. The largest absolute Gasteiger partial charge is 0.397 e. The zero-order chi connectivity index (χ0) is 13.4. The van der Waals surface area contributed by atoms with Gasteiger partial charge >= 0.3 is 0 Å². The smallest absolute Gasteiger partial charge is 0.272 e. The van der Waals surface area contributed by atoms with Gasteiger partial charge in [-0.05, 0) is 37.5 Å². The molecule has 19 heavy (non-hydrogen) atoms. The molecule has 4 nitrogen and oxygen atoms in total. The lowest BCUT2D eigenvalue weighted by Crippen LogP contribution is -2.16. The molecule has 0 saturated heterocycles. The molecule has 1 aromatic carbocycles. The number of carbonyl (C=O) groups excluding carboxylic acids is 1. The molecule has 4 heteroatoms. The summed E-state index contributed by atoms with van der Waals surface area (Å²) in [6, 6.07) is 9.93. The Balaban J connectivity index is 1.86. The summed E-state index contributed by atoms with van der Waals surface area (Å²) >= 11 is 0. The predicted octanol–water partition coefficient (Wildman–Crippen LogP) is 2.97. The molecule has 98 valence electrons. The third-order valence-electron chi connectivity index (χ3n) is 3.44. The first-order chi connectivity index (χ1) is 9.15. The summed E-state index contributed by atoms with van der Waals surface area (Å²) in [7, 11) is 0. The average Bonchev–Trinajstić information content (AvgIpc) is 3.15. The lowest BCUT2D eigenvalue weighted by molar-refractivity contribution is 0.101. The molecule has 0 aliphatic heterocycles. The fourth-order valence-corrected chi connectivity index (χ4v) is 2.24. The molecule has 1 aliphatic rings. The highest BCUT2D eigenvalue weighted by molar-refractivity contribution is 6.04. The van der Waals surface area contributed by atoms with Crippen LogP contribution in [0.5, 0.6) is 0 Å². The Morgan fingerprint density at radius 3 is 2.79 bits per heavy atom. The maximum atomic E-state index is 12.3. The standard InChI is InChI=1S/C15H17N3O/c1-10-4-2-3-5-13(10)17-15(19)14-8-11(16)9-18(14)12-6-7-12/h2-5,8-9,12H,6-7,16H2,1H3,(H,17,19).